The third-order valence-corrected chi connectivity index (χ3v) is 3.01. The highest BCUT2D eigenvalue weighted by molar-refractivity contribution is 4.94. The molecule has 0 saturated carbocycles. The van der Waals surface area contributed by atoms with Gasteiger partial charge in [-0.2, -0.15) is 0 Å². The van der Waals surface area contributed by atoms with Gasteiger partial charge in [0, 0.05) is 18.7 Å². The van der Waals surface area contributed by atoms with E-state index < -0.39 is 29.2 Å². The highest BCUT2D eigenvalue weighted by atomic mass is 16.6. The first-order chi connectivity index (χ1) is 7.96. The van der Waals surface area contributed by atoms with Crippen LogP contribution < -0.4 is 11.2 Å². The lowest BCUT2D eigenvalue weighted by Gasteiger charge is -2.24. The quantitative estimate of drug-likeness (QED) is 0.589. The van der Waals surface area contributed by atoms with Crippen molar-refractivity contribution in [1.29, 1.82) is 0 Å². The zero-order valence-electron chi connectivity index (χ0n) is 9.29. The van der Waals surface area contributed by atoms with Crippen LogP contribution in [0.25, 0.3) is 0 Å². The molecule has 1 aromatic heterocycles. The average Bonchev–Trinajstić information content (AvgIpc) is 2.56. The number of rotatable bonds is 2. The summed E-state index contributed by atoms with van der Waals surface area (Å²) in [5, 5.41) is 18.9. The number of nitrogens with zero attached hydrogens (tertiary/aromatic N) is 1. The molecule has 1 aliphatic heterocycles. The van der Waals surface area contributed by atoms with E-state index in [9.17, 15) is 14.7 Å². The van der Waals surface area contributed by atoms with Gasteiger partial charge in [0.25, 0.3) is 5.56 Å². The largest absolute Gasteiger partial charge is 0.393 e. The second-order valence-corrected chi connectivity index (χ2v) is 4.31. The Morgan fingerprint density at radius 3 is 2.88 bits per heavy atom. The van der Waals surface area contributed by atoms with Crippen molar-refractivity contribution in [2.45, 2.75) is 31.3 Å². The van der Waals surface area contributed by atoms with Crippen LogP contribution in [0.4, 0.5) is 0 Å². The number of nitrogens with one attached hydrogen (secondary N) is 1. The highest BCUT2D eigenvalue weighted by Gasteiger charge is 2.44. The van der Waals surface area contributed by atoms with E-state index in [1.54, 1.807) is 6.92 Å². The first-order valence-electron chi connectivity index (χ1n) is 5.24. The summed E-state index contributed by atoms with van der Waals surface area (Å²) in [6, 6.07) is 1.20. The number of ether oxygens (including phenoxy) is 1. The lowest BCUT2D eigenvalue weighted by molar-refractivity contribution is -0.116. The second kappa shape index (κ2) is 4.10. The molecule has 94 valence electrons. The van der Waals surface area contributed by atoms with E-state index in [2.05, 4.69) is 4.98 Å². The minimum atomic E-state index is -1.08. The second-order valence-electron chi connectivity index (χ2n) is 4.31. The third-order valence-electron chi connectivity index (χ3n) is 3.01. The van der Waals surface area contributed by atoms with E-state index in [-0.39, 0.29) is 13.0 Å². The summed E-state index contributed by atoms with van der Waals surface area (Å²) in [7, 11) is 0. The van der Waals surface area contributed by atoms with Crippen LogP contribution in [0.2, 0.25) is 0 Å². The zero-order valence-corrected chi connectivity index (χ0v) is 9.29. The Morgan fingerprint density at radius 2 is 2.35 bits per heavy atom. The maximum atomic E-state index is 11.5. The molecule has 1 saturated heterocycles. The standard InChI is InChI=1S/C10H14N2O5/c1-10(5-13)6(14)4-8(17-10)12-3-2-7(15)11-9(12)16/h2-3,6,8,13-14H,4-5H2,1H3,(H,11,15,16)/t6-,8+,10-/m0/s1. The fourth-order valence-corrected chi connectivity index (χ4v) is 1.84. The molecule has 0 bridgehead atoms. The van der Waals surface area contributed by atoms with Gasteiger partial charge in [0.1, 0.15) is 11.8 Å². The van der Waals surface area contributed by atoms with Gasteiger partial charge in [-0.25, -0.2) is 4.79 Å². The van der Waals surface area contributed by atoms with Gasteiger partial charge in [0.15, 0.2) is 0 Å². The Bertz CT molecular complexity index is 522. The lowest BCUT2D eigenvalue weighted by Crippen LogP contribution is -2.40. The molecule has 3 N–H and O–H groups in total. The van der Waals surface area contributed by atoms with Crippen molar-refractivity contribution in [2.75, 3.05) is 6.61 Å². The van der Waals surface area contributed by atoms with E-state index in [1.807, 2.05) is 0 Å². The summed E-state index contributed by atoms with van der Waals surface area (Å²) in [5.74, 6) is 0. The Labute approximate surface area is 96.3 Å². The Kier molecular flexibility index (Phi) is 2.90. The molecule has 7 heteroatoms. The molecule has 1 aliphatic rings. The van der Waals surface area contributed by atoms with Crippen LogP contribution in [-0.2, 0) is 4.74 Å². The maximum absolute atomic E-state index is 11.5. The van der Waals surface area contributed by atoms with Crippen LogP contribution in [0, 0.1) is 0 Å². The van der Waals surface area contributed by atoms with Gasteiger partial charge in [0.05, 0.1) is 12.7 Å². The summed E-state index contributed by atoms with van der Waals surface area (Å²) >= 11 is 0. The average molecular weight is 242 g/mol. The molecule has 2 heterocycles. The lowest BCUT2D eigenvalue weighted by atomic mass is 10.0. The summed E-state index contributed by atoms with van der Waals surface area (Å²) in [6.45, 7) is 1.22. The Hall–Kier alpha value is -1.44. The zero-order chi connectivity index (χ0) is 12.6. The molecule has 0 spiro atoms. The van der Waals surface area contributed by atoms with E-state index in [0.29, 0.717) is 0 Å². The van der Waals surface area contributed by atoms with E-state index in [0.717, 1.165) is 0 Å². The van der Waals surface area contributed by atoms with Gasteiger partial charge in [-0.05, 0) is 6.92 Å². The first kappa shape index (κ1) is 12.0. The number of aromatic amines is 1. The van der Waals surface area contributed by atoms with Gasteiger partial charge in [-0.1, -0.05) is 0 Å². The van der Waals surface area contributed by atoms with Crippen LogP contribution in [0.3, 0.4) is 0 Å². The molecule has 2 rings (SSSR count). The molecular formula is C10H14N2O5. The van der Waals surface area contributed by atoms with Gasteiger partial charge in [-0.3, -0.25) is 14.3 Å². The molecule has 3 atom stereocenters. The van der Waals surface area contributed by atoms with Crippen molar-refractivity contribution in [1.82, 2.24) is 9.55 Å². The topological polar surface area (TPSA) is 105 Å². The van der Waals surface area contributed by atoms with Crippen LogP contribution in [0.15, 0.2) is 21.9 Å². The Morgan fingerprint density at radius 1 is 1.65 bits per heavy atom. The number of hydrogen-bond donors (Lipinski definition) is 3. The smallest absolute Gasteiger partial charge is 0.330 e. The van der Waals surface area contributed by atoms with Gasteiger partial charge >= 0.3 is 5.69 Å². The number of hydrogen-bond acceptors (Lipinski definition) is 5. The molecule has 0 aromatic carbocycles. The fraction of sp³-hybridized carbons (Fsp3) is 0.600. The fourth-order valence-electron chi connectivity index (χ4n) is 1.84. The summed E-state index contributed by atoms with van der Waals surface area (Å²) in [6.07, 6.45) is -0.0622. The van der Waals surface area contributed by atoms with Crippen molar-refractivity contribution in [2.24, 2.45) is 0 Å². The van der Waals surface area contributed by atoms with Crippen molar-refractivity contribution in [3.8, 4) is 0 Å². The van der Waals surface area contributed by atoms with Crippen LogP contribution >= 0.6 is 0 Å². The van der Waals surface area contributed by atoms with Crippen molar-refractivity contribution in [3.05, 3.63) is 33.1 Å². The minimum absolute atomic E-state index is 0.184. The molecule has 0 radical (unpaired) electrons. The van der Waals surface area contributed by atoms with Gasteiger partial charge in [-0.15, -0.1) is 0 Å². The molecule has 7 nitrogen and oxygen atoms in total. The summed E-state index contributed by atoms with van der Waals surface area (Å²) in [4.78, 5) is 24.5. The van der Waals surface area contributed by atoms with Gasteiger partial charge < -0.3 is 14.9 Å². The normalized spacial score (nSPS) is 32.9. The number of aliphatic hydroxyl groups is 2. The van der Waals surface area contributed by atoms with Crippen molar-refractivity contribution < 1.29 is 14.9 Å². The van der Waals surface area contributed by atoms with E-state index >= 15 is 0 Å². The molecule has 0 unspecified atom stereocenters. The number of aliphatic hydroxyl groups excluding tert-OH is 2. The molecule has 1 fully saturated rings. The van der Waals surface area contributed by atoms with E-state index in [1.165, 1.54) is 16.8 Å². The molecule has 0 aliphatic carbocycles. The predicted octanol–water partition coefficient (Wildman–Crippen LogP) is -1.43. The van der Waals surface area contributed by atoms with Gasteiger partial charge in [0.2, 0.25) is 0 Å². The monoisotopic (exact) mass is 242 g/mol. The third kappa shape index (κ3) is 2.04. The molecule has 0 amide bonds. The predicted molar refractivity (Wildman–Crippen MR) is 57.6 cm³/mol. The van der Waals surface area contributed by atoms with Crippen LogP contribution in [0.1, 0.15) is 19.6 Å². The maximum Gasteiger partial charge on any atom is 0.330 e. The van der Waals surface area contributed by atoms with Crippen molar-refractivity contribution in [3.63, 3.8) is 0 Å². The first-order valence-corrected chi connectivity index (χ1v) is 5.24. The summed E-state index contributed by atoms with van der Waals surface area (Å²) in [5.41, 5.74) is -2.17. The van der Waals surface area contributed by atoms with Crippen molar-refractivity contribution >= 4 is 0 Å². The SMILES string of the molecule is C[C@@]1(CO)O[C@@H](n2ccc(=O)[nH]c2=O)C[C@@H]1O. The molecular weight excluding hydrogens is 228 g/mol. The molecule has 1 aromatic rings. The minimum Gasteiger partial charge on any atom is -0.393 e. The molecule has 17 heavy (non-hydrogen) atoms. The van der Waals surface area contributed by atoms with Crippen LogP contribution in [0.5, 0.6) is 0 Å². The van der Waals surface area contributed by atoms with E-state index in [4.69, 9.17) is 9.84 Å². The number of H-pyrrole nitrogens is 1. The Balaban J connectivity index is 2.32. The highest BCUT2D eigenvalue weighted by Crippen LogP contribution is 2.35. The number of aromatic nitrogens is 2. The summed E-state index contributed by atoms with van der Waals surface area (Å²) < 4.78 is 6.64. The van der Waals surface area contributed by atoms with Crippen LogP contribution in [-0.4, -0.2) is 38.1 Å².